The average Bonchev–Trinajstić information content (AvgIpc) is 3.80. The van der Waals surface area contributed by atoms with E-state index in [1.54, 1.807) is 65.2 Å². The molecule has 0 spiro atoms. The molecule has 2 aliphatic rings. The standard InChI is InChI=1S/C21H27N5O5.C15H18N6O2/c1-21(2,3)31-20(29)26-9-14(18(27)22-4)15(10-26)25-17-12-7-6-8-13(19(28)30-5)16(12)23-11-24-17;1-17-15(23)10-5-18-6-11(10)21-14-9-4-2-3-8(13(16)22)12(9)19-7-20-14/h6-8,11,14-15H,9-10H2,1-5H3,(H,22,27)(H,23,24,25);2-4,7,10-11,18H,5-6H2,1H3,(H2,16,22)(H,17,23)(H,19,20,21). The SMILES string of the molecule is CNC(=O)C1CN(C(=O)OC(C)(C)C)CC1Nc1ncnc2c(C(=O)OC)cccc12.CNC(=O)C1CNCC1Nc1ncnc2c(C(N)=O)cccc12. The van der Waals surface area contributed by atoms with E-state index in [9.17, 15) is 24.0 Å². The number of hydrogen-bond donors (Lipinski definition) is 6. The Morgan fingerprint density at radius 1 is 0.778 bits per heavy atom. The summed E-state index contributed by atoms with van der Waals surface area (Å²) in [4.78, 5) is 79.0. The summed E-state index contributed by atoms with van der Waals surface area (Å²) in [7, 11) is 4.48. The molecule has 0 saturated carbocycles. The monoisotopic (exact) mass is 743 g/mol. The topological polar surface area (TPSA) is 245 Å². The van der Waals surface area contributed by atoms with Gasteiger partial charge in [-0.25, -0.2) is 29.5 Å². The molecule has 7 N–H and O–H groups in total. The predicted octanol–water partition coefficient (Wildman–Crippen LogP) is 1.28. The number of benzene rings is 2. The van der Waals surface area contributed by atoms with Gasteiger partial charge in [-0.15, -0.1) is 0 Å². The van der Waals surface area contributed by atoms with Gasteiger partial charge < -0.3 is 46.7 Å². The molecule has 0 bridgehead atoms. The molecule has 18 nitrogen and oxygen atoms in total. The van der Waals surface area contributed by atoms with Crippen LogP contribution in [0.15, 0.2) is 49.1 Å². The lowest BCUT2D eigenvalue weighted by Gasteiger charge is -2.24. The predicted molar refractivity (Wildman–Crippen MR) is 200 cm³/mol. The molecule has 4 amide bonds. The molecule has 2 aliphatic heterocycles. The number of primary amides is 1. The number of methoxy groups -OCH3 is 1. The molecule has 2 aromatic heterocycles. The van der Waals surface area contributed by atoms with E-state index in [0.29, 0.717) is 57.7 Å². The van der Waals surface area contributed by atoms with Crippen LogP contribution in [0.3, 0.4) is 0 Å². The number of anilines is 2. The molecule has 6 rings (SSSR count). The highest BCUT2D eigenvalue weighted by Gasteiger charge is 2.41. The van der Waals surface area contributed by atoms with Crippen molar-refractivity contribution in [1.29, 1.82) is 0 Å². The van der Waals surface area contributed by atoms with E-state index in [1.807, 2.05) is 6.07 Å². The molecule has 4 heterocycles. The second kappa shape index (κ2) is 16.7. The van der Waals surface area contributed by atoms with Crippen molar-refractivity contribution in [2.75, 3.05) is 58.0 Å². The van der Waals surface area contributed by atoms with E-state index < -0.39 is 35.5 Å². The summed E-state index contributed by atoms with van der Waals surface area (Å²) in [6.45, 7) is 7.10. The quantitative estimate of drug-likeness (QED) is 0.139. The lowest BCUT2D eigenvalue weighted by molar-refractivity contribution is -0.125. The lowest BCUT2D eigenvalue weighted by Crippen LogP contribution is -2.39. The number of nitrogens with zero attached hydrogens (tertiary/aromatic N) is 5. The van der Waals surface area contributed by atoms with Gasteiger partial charge in [-0.1, -0.05) is 12.1 Å². The van der Waals surface area contributed by atoms with Gasteiger partial charge in [-0.3, -0.25) is 14.4 Å². The molecule has 4 aromatic rings. The minimum absolute atomic E-state index is 0.0244. The molecular weight excluding hydrogens is 698 g/mol. The van der Waals surface area contributed by atoms with E-state index in [0.717, 1.165) is 0 Å². The zero-order valence-corrected chi connectivity index (χ0v) is 30.9. The highest BCUT2D eigenvalue weighted by atomic mass is 16.6. The van der Waals surface area contributed by atoms with Gasteiger partial charge in [0.15, 0.2) is 0 Å². The first-order valence-corrected chi connectivity index (χ1v) is 17.3. The number of ether oxygens (including phenoxy) is 2. The number of rotatable bonds is 8. The summed E-state index contributed by atoms with van der Waals surface area (Å²) in [6, 6.07) is 9.80. The van der Waals surface area contributed by atoms with Crippen molar-refractivity contribution in [3.63, 3.8) is 0 Å². The Balaban J connectivity index is 0.000000217. The second-order valence-electron chi connectivity index (χ2n) is 13.7. The van der Waals surface area contributed by atoms with Crippen LogP contribution in [0, 0.1) is 11.8 Å². The summed E-state index contributed by atoms with van der Waals surface area (Å²) in [5.41, 5.74) is 6.35. The summed E-state index contributed by atoms with van der Waals surface area (Å²) in [6.07, 6.45) is 2.24. The van der Waals surface area contributed by atoms with Crippen molar-refractivity contribution in [3.8, 4) is 0 Å². The van der Waals surface area contributed by atoms with E-state index in [4.69, 9.17) is 15.2 Å². The Labute approximate surface area is 311 Å². The molecule has 2 fully saturated rings. The summed E-state index contributed by atoms with van der Waals surface area (Å²) in [5.74, 6) is -0.917. The summed E-state index contributed by atoms with van der Waals surface area (Å²) >= 11 is 0. The summed E-state index contributed by atoms with van der Waals surface area (Å²) < 4.78 is 10.3. The highest BCUT2D eigenvalue weighted by molar-refractivity contribution is 6.07. The van der Waals surface area contributed by atoms with Gasteiger partial charge in [0, 0.05) is 51.0 Å². The second-order valence-corrected chi connectivity index (χ2v) is 13.7. The molecule has 286 valence electrons. The van der Waals surface area contributed by atoms with Gasteiger partial charge in [-0.2, -0.15) is 0 Å². The van der Waals surface area contributed by atoms with E-state index >= 15 is 0 Å². The third kappa shape index (κ3) is 8.71. The van der Waals surface area contributed by atoms with Crippen LogP contribution in [0.2, 0.25) is 0 Å². The smallest absolute Gasteiger partial charge is 0.410 e. The van der Waals surface area contributed by atoms with Crippen LogP contribution >= 0.6 is 0 Å². The number of hydrogen-bond acceptors (Lipinski definition) is 14. The number of carbonyl (C=O) groups is 5. The highest BCUT2D eigenvalue weighted by Crippen LogP contribution is 2.28. The van der Waals surface area contributed by atoms with Crippen LogP contribution in [0.25, 0.3) is 21.8 Å². The number of nitrogens with two attached hydrogens (primary N) is 1. The zero-order chi connectivity index (χ0) is 39.2. The first-order valence-electron chi connectivity index (χ1n) is 17.3. The molecule has 2 saturated heterocycles. The Hall–Kier alpha value is -6.17. The van der Waals surface area contributed by atoms with Crippen molar-refractivity contribution >= 4 is 63.2 Å². The average molecular weight is 744 g/mol. The minimum Gasteiger partial charge on any atom is -0.465 e. The Morgan fingerprint density at radius 3 is 1.89 bits per heavy atom. The maximum atomic E-state index is 12.5. The van der Waals surface area contributed by atoms with E-state index in [-0.39, 0.29) is 36.9 Å². The van der Waals surface area contributed by atoms with Gasteiger partial charge in [0.25, 0.3) is 5.91 Å². The van der Waals surface area contributed by atoms with Crippen LogP contribution in [0.5, 0.6) is 0 Å². The number of esters is 1. The molecule has 0 aliphatic carbocycles. The van der Waals surface area contributed by atoms with Crippen LogP contribution in [-0.2, 0) is 19.1 Å². The zero-order valence-electron chi connectivity index (χ0n) is 30.9. The normalized spacial score (nSPS) is 19.3. The number of para-hydroxylation sites is 2. The van der Waals surface area contributed by atoms with Crippen molar-refractivity contribution in [2.45, 2.75) is 38.5 Å². The molecule has 2 aromatic carbocycles. The van der Waals surface area contributed by atoms with Gasteiger partial charge in [0.2, 0.25) is 11.8 Å². The Morgan fingerprint density at radius 2 is 1.33 bits per heavy atom. The number of carbonyl (C=O) groups excluding carboxylic acids is 5. The number of amides is 4. The van der Waals surface area contributed by atoms with Crippen LogP contribution in [-0.4, -0.2) is 120 Å². The van der Waals surface area contributed by atoms with Gasteiger partial charge in [0.05, 0.1) is 53.2 Å². The summed E-state index contributed by atoms with van der Waals surface area (Å²) in [5, 5.41) is 16.4. The van der Waals surface area contributed by atoms with Gasteiger partial charge in [0.1, 0.15) is 29.9 Å². The van der Waals surface area contributed by atoms with Crippen LogP contribution in [0.1, 0.15) is 41.5 Å². The van der Waals surface area contributed by atoms with Gasteiger partial charge in [-0.05, 0) is 45.0 Å². The number of likely N-dealkylation sites (tertiary alicyclic amines) is 1. The van der Waals surface area contributed by atoms with E-state index in [2.05, 4.69) is 46.5 Å². The molecule has 18 heteroatoms. The fourth-order valence-corrected chi connectivity index (χ4v) is 6.40. The third-order valence-corrected chi connectivity index (χ3v) is 9.00. The Kier molecular flexibility index (Phi) is 12.0. The van der Waals surface area contributed by atoms with Crippen molar-refractivity contribution in [3.05, 3.63) is 60.2 Å². The van der Waals surface area contributed by atoms with Gasteiger partial charge >= 0.3 is 12.1 Å². The molecular formula is C36H45N11O7. The van der Waals surface area contributed by atoms with Crippen molar-refractivity contribution in [1.82, 2.24) is 40.8 Å². The molecule has 0 radical (unpaired) electrons. The number of aromatic nitrogens is 4. The molecule has 54 heavy (non-hydrogen) atoms. The largest absolute Gasteiger partial charge is 0.465 e. The fraction of sp³-hybridized carbons (Fsp3) is 0.417. The molecule has 4 unspecified atom stereocenters. The van der Waals surface area contributed by atoms with Crippen LogP contribution in [0.4, 0.5) is 16.4 Å². The van der Waals surface area contributed by atoms with Crippen molar-refractivity contribution < 1.29 is 33.4 Å². The minimum atomic E-state index is -0.641. The number of nitrogens with one attached hydrogen (secondary N) is 5. The maximum Gasteiger partial charge on any atom is 0.410 e. The molecule has 4 atom stereocenters. The first-order chi connectivity index (χ1) is 25.8. The lowest BCUT2D eigenvalue weighted by atomic mass is 10.0. The van der Waals surface area contributed by atoms with E-state index in [1.165, 1.54) is 24.7 Å². The third-order valence-electron chi connectivity index (χ3n) is 9.00. The first kappa shape index (κ1) is 39.0. The van der Waals surface area contributed by atoms with Crippen LogP contribution < -0.4 is 32.3 Å². The van der Waals surface area contributed by atoms with Crippen molar-refractivity contribution in [2.24, 2.45) is 17.6 Å². The maximum absolute atomic E-state index is 12.5. The number of fused-ring (bicyclic) bond motifs is 2. The fourth-order valence-electron chi connectivity index (χ4n) is 6.40. The Bertz CT molecular complexity index is 2050.